The average molecular weight is 383 g/mol. The summed E-state index contributed by atoms with van der Waals surface area (Å²) in [7, 11) is 4.66. The first-order chi connectivity index (χ1) is 12.7. The topological polar surface area (TPSA) is 78.0 Å². The van der Waals surface area contributed by atoms with E-state index >= 15 is 0 Å². The van der Waals surface area contributed by atoms with Crippen molar-refractivity contribution in [2.45, 2.75) is 0 Å². The van der Waals surface area contributed by atoms with E-state index in [1.165, 1.54) is 7.11 Å². The van der Waals surface area contributed by atoms with Crippen LogP contribution < -0.4 is 19.5 Å². The third-order valence-corrected chi connectivity index (χ3v) is 4.54. The largest absolute Gasteiger partial charge is 0.493 e. The molecular formula is C17H23ClN4O4. The molecule has 1 aromatic heterocycles. The van der Waals surface area contributed by atoms with E-state index in [9.17, 15) is 0 Å². The van der Waals surface area contributed by atoms with Crippen LogP contribution >= 0.6 is 11.6 Å². The number of halogens is 1. The van der Waals surface area contributed by atoms with Crippen LogP contribution in [0.25, 0.3) is 10.9 Å². The molecule has 1 aliphatic rings. The number of aromatic nitrogens is 2. The fourth-order valence-electron chi connectivity index (χ4n) is 2.93. The summed E-state index contributed by atoms with van der Waals surface area (Å²) < 4.78 is 21.5. The highest BCUT2D eigenvalue weighted by atomic mass is 35.5. The van der Waals surface area contributed by atoms with Gasteiger partial charge in [-0.1, -0.05) is 11.6 Å². The molecule has 2 aromatic rings. The maximum Gasteiger partial charge on any atom is 0.318 e. The Kier molecular flexibility index (Phi) is 6.18. The van der Waals surface area contributed by atoms with Gasteiger partial charge in [0.25, 0.3) is 0 Å². The third-order valence-electron chi connectivity index (χ3n) is 4.25. The molecule has 0 atom stereocenters. The maximum absolute atomic E-state index is 6.40. The van der Waals surface area contributed by atoms with Gasteiger partial charge in [-0.15, -0.1) is 0 Å². The molecule has 0 amide bonds. The summed E-state index contributed by atoms with van der Waals surface area (Å²) in [4.78, 5) is 11.1. The van der Waals surface area contributed by atoms with Crippen molar-refractivity contribution in [3.05, 3.63) is 11.1 Å². The van der Waals surface area contributed by atoms with Gasteiger partial charge in [-0.05, 0) is 0 Å². The van der Waals surface area contributed by atoms with Crippen LogP contribution in [0.1, 0.15) is 0 Å². The molecule has 0 bridgehead atoms. The van der Waals surface area contributed by atoms with E-state index in [1.54, 1.807) is 20.3 Å². The molecule has 0 spiro atoms. The molecule has 0 radical (unpaired) electrons. The monoisotopic (exact) mass is 382 g/mol. The van der Waals surface area contributed by atoms with Gasteiger partial charge < -0.3 is 24.3 Å². The van der Waals surface area contributed by atoms with Crippen LogP contribution in [0.4, 0.5) is 5.82 Å². The van der Waals surface area contributed by atoms with E-state index in [1.807, 2.05) is 0 Å². The highest BCUT2D eigenvalue weighted by Gasteiger charge is 2.20. The number of methoxy groups -OCH3 is 3. The summed E-state index contributed by atoms with van der Waals surface area (Å²) >= 11 is 6.40. The normalized spacial score (nSPS) is 15.1. The van der Waals surface area contributed by atoms with E-state index in [-0.39, 0.29) is 6.01 Å². The number of anilines is 1. The molecule has 3 rings (SSSR count). The zero-order valence-electron chi connectivity index (χ0n) is 15.2. The lowest BCUT2D eigenvalue weighted by Gasteiger charge is -2.26. The Bertz CT molecular complexity index is 768. The first kappa shape index (κ1) is 18.8. The van der Waals surface area contributed by atoms with E-state index in [2.05, 4.69) is 20.2 Å². The van der Waals surface area contributed by atoms with Gasteiger partial charge in [-0.2, -0.15) is 9.97 Å². The summed E-state index contributed by atoms with van der Waals surface area (Å²) in [6, 6.07) is 1.91. The average Bonchev–Trinajstić information content (AvgIpc) is 2.68. The number of hydrogen-bond donors (Lipinski definition) is 1. The molecule has 9 heteroatoms. The SMILES string of the molecule is COc1nc(NCCN2CCOCC2)c2c(OC)c(OC)cc(Cl)c2n1. The van der Waals surface area contributed by atoms with Crippen molar-refractivity contribution >= 4 is 28.3 Å². The van der Waals surface area contributed by atoms with Crippen LogP contribution in [0.2, 0.25) is 5.02 Å². The van der Waals surface area contributed by atoms with Crippen LogP contribution in [0.3, 0.4) is 0 Å². The Balaban J connectivity index is 1.94. The van der Waals surface area contributed by atoms with Gasteiger partial charge in [0.05, 0.1) is 45.0 Å². The Morgan fingerprint density at radius 3 is 2.58 bits per heavy atom. The van der Waals surface area contributed by atoms with Crippen molar-refractivity contribution in [1.82, 2.24) is 14.9 Å². The fourth-order valence-corrected chi connectivity index (χ4v) is 3.17. The highest BCUT2D eigenvalue weighted by molar-refractivity contribution is 6.36. The Morgan fingerprint density at radius 2 is 1.92 bits per heavy atom. The van der Waals surface area contributed by atoms with E-state index in [4.69, 9.17) is 30.5 Å². The number of fused-ring (bicyclic) bond motifs is 1. The Labute approximate surface area is 157 Å². The second-order valence-corrected chi connectivity index (χ2v) is 6.16. The molecule has 2 heterocycles. The molecule has 0 aliphatic carbocycles. The second-order valence-electron chi connectivity index (χ2n) is 5.76. The molecule has 142 valence electrons. The highest BCUT2D eigenvalue weighted by Crippen LogP contribution is 2.42. The Morgan fingerprint density at radius 1 is 1.15 bits per heavy atom. The molecule has 1 N–H and O–H groups in total. The van der Waals surface area contributed by atoms with Gasteiger partial charge in [-0.25, -0.2) is 0 Å². The lowest BCUT2D eigenvalue weighted by atomic mass is 10.2. The summed E-state index contributed by atoms with van der Waals surface area (Å²) in [5.74, 6) is 1.65. The predicted octanol–water partition coefficient (Wildman–Crippen LogP) is 2.05. The van der Waals surface area contributed by atoms with Crippen LogP contribution in [0, 0.1) is 0 Å². The minimum Gasteiger partial charge on any atom is -0.493 e. The number of nitrogens with one attached hydrogen (secondary N) is 1. The van der Waals surface area contributed by atoms with Gasteiger partial charge in [0.2, 0.25) is 0 Å². The summed E-state index contributed by atoms with van der Waals surface area (Å²) in [6.45, 7) is 4.97. The molecular weight excluding hydrogens is 360 g/mol. The number of ether oxygens (including phenoxy) is 4. The zero-order chi connectivity index (χ0) is 18.5. The van der Waals surface area contributed by atoms with Crippen LogP contribution in [-0.4, -0.2) is 75.6 Å². The van der Waals surface area contributed by atoms with E-state index in [0.29, 0.717) is 39.8 Å². The molecule has 8 nitrogen and oxygen atoms in total. The van der Waals surface area contributed by atoms with Gasteiger partial charge in [0, 0.05) is 32.2 Å². The van der Waals surface area contributed by atoms with Gasteiger partial charge in [0.1, 0.15) is 11.3 Å². The molecule has 0 saturated carbocycles. The van der Waals surface area contributed by atoms with Gasteiger partial charge in [0.15, 0.2) is 11.5 Å². The molecule has 0 unspecified atom stereocenters. The van der Waals surface area contributed by atoms with E-state index < -0.39 is 0 Å². The number of hydrogen-bond acceptors (Lipinski definition) is 8. The van der Waals surface area contributed by atoms with Crippen LogP contribution in [-0.2, 0) is 4.74 Å². The van der Waals surface area contributed by atoms with Crippen molar-refractivity contribution in [2.24, 2.45) is 0 Å². The van der Waals surface area contributed by atoms with Crippen molar-refractivity contribution in [3.63, 3.8) is 0 Å². The summed E-state index contributed by atoms with van der Waals surface area (Å²) in [5, 5.41) is 4.46. The lowest BCUT2D eigenvalue weighted by Crippen LogP contribution is -2.39. The third kappa shape index (κ3) is 3.87. The lowest BCUT2D eigenvalue weighted by molar-refractivity contribution is 0.0398. The second kappa shape index (κ2) is 8.57. The van der Waals surface area contributed by atoms with Crippen molar-refractivity contribution in [2.75, 3.05) is 66.0 Å². The van der Waals surface area contributed by atoms with Gasteiger partial charge in [-0.3, -0.25) is 4.90 Å². The van der Waals surface area contributed by atoms with Crippen molar-refractivity contribution in [3.8, 4) is 17.5 Å². The minimum absolute atomic E-state index is 0.237. The minimum atomic E-state index is 0.237. The molecule has 1 saturated heterocycles. The van der Waals surface area contributed by atoms with Crippen molar-refractivity contribution in [1.29, 1.82) is 0 Å². The zero-order valence-corrected chi connectivity index (χ0v) is 15.9. The molecule has 1 aliphatic heterocycles. The number of nitrogens with zero attached hydrogens (tertiary/aromatic N) is 3. The predicted molar refractivity (Wildman–Crippen MR) is 100.0 cm³/mol. The van der Waals surface area contributed by atoms with Gasteiger partial charge >= 0.3 is 6.01 Å². The summed E-state index contributed by atoms with van der Waals surface area (Å²) in [6.07, 6.45) is 0. The fraction of sp³-hybridized carbons (Fsp3) is 0.529. The van der Waals surface area contributed by atoms with E-state index in [0.717, 1.165) is 32.8 Å². The maximum atomic E-state index is 6.40. The molecule has 1 aromatic carbocycles. The first-order valence-electron chi connectivity index (χ1n) is 8.38. The summed E-state index contributed by atoms with van der Waals surface area (Å²) in [5.41, 5.74) is 0.546. The number of benzene rings is 1. The molecule has 1 fully saturated rings. The molecule has 26 heavy (non-hydrogen) atoms. The Hall–Kier alpha value is -2.03. The quantitative estimate of drug-likeness (QED) is 0.779. The first-order valence-corrected chi connectivity index (χ1v) is 8.76. The standard InChI is InChI=1S/C17H23ClN4O4/c1-23-12-10-11(18)14-13(15(12)24-2)16(21-17(20-14)25-3)19-4-5-22-6-8-26-9-7-22/h10H,4-9H2,1-3H3,(H,19,20,21). The smallest absolute Gasteiger partial charge is 0.318 e. The number of morpholine rings is 1. The van der Waals surface area contributed by atoms with Crippen LogP contribution in [0.5, 0.6) is 17.5 Å². The van der Waals surface area contributed by atoms with Crippen LogP contribution in [0.15, 0.2) is 6.07 Å². The number of rotatable bonds is 7. The van der Waals surface area contributed by atoms with Crippen molar-refractivity contribution < 1.29 is 18.9 Å².